The summed E-state index contributed by atoms with van der Waals surface area (Å²) in [5.74, 6) is 1.89. The summed E-state index contributed by atoms with van der Waals surface area (Å²) in [5.41, 5.74) is 6.55. The average Bonchev–Trinajstić information content (AvgIpc) is 3.21. The molecular weight excluding hydrogens is 410 g/mol. The smallest absolute Gasteiger partial charge is 0.300 e. The highest BCUT2D eigenvalue weighted by Crippen LogP contribution is 2.27. The highest BCUT2D eigenvalue weighted by molar-refractivity contribution is 5.77. The SMILES string of the molecule is Cc1nc(Nc2cccc(Nc3nc4cc(C(C)C)ccc4o3)c2)cc(-c2ccccc2)n1. The second kappa shape index (κ2) is 8.74. The van der Waals surface area contributed by atoms with Crippen LogP contribution in [0, 0.1) is 6.92 Å². The standard InChI is InChI=1S/C27H25N5O/c1-17(2)20-12-13-25-24(14-20)32-27(33-25)31-22-11-7-10-21(15-22)30-26-16-23(28-18(3)29-26)19-8-5-4-6-9-19/h4-17H,1-3H3,(H,31,32)(H,28,29,30). The van der Waals surface area contributed by atoms with Crippen molar-refractivity contribution in [3.05, 3.63) is 90.3 Å². The van der Waals surface area contributed by atoms with Crippen LogP contribution < -0.4 is 10.6 Å². The van der Waals surface area contributed by atoms with Crippen LogP contribution in [0.25, 0.3) is 22.4 Å². The van der Waals surface area contributed by atoms with Crippen LogP contribution in [0.15, 0.2) is 83.3 Å². The van der Waals surface area contributed by atoms with Gasteiger partial charge in [-0.2, -0.15) is 4.98 Å². The zero-order chi connectivity index (χ0) is 22.8. The summed E-state index contributed by atoms with van der Waals surface area (Å²) >= 11 is 0. The number of rotatable bonds is 6. The average molecular weight is 436 g/mol. The summed E-state index contributed by atoms with van der Waals surface area (Å²) in [4.78, 5) is 13.7. The monoisotopic (exact) mass is 435 g/mol. The molecule has 0 atom stereocenters. The van der Waals surface area contributed by atoms with Crippen molar-refractivity contribution in [2.24, 2.45) is 0 Å². The van der Waals surface area contributed by atoms with Gasteiger partial charge < -0.3 is 15.1 Å². The third-order valence-electron chi connectivity index (χ3n) is 5.37. The van der Waals surface area contributed by atoms with Gasteiger partial charge in [-0.25, -0.2) is 9.97 Å². The van der Waals surface area contributed by atoms with E-state index in [1.807, 2.05) is 73.7 Å². The maximum Gasteiger partial charge on any atom is 0.300 e. The van der Waals surface area contributed by atoms with Crippen LogP contribution in [-0.4, -0.2) is 15.0 Å². The third kappa shape index (κ3) is 4.70. The highest BCUT2D eigenvalue weighted by Gasteiger charge is 2.10. The molecule has 0 fully saturated rings. The second-order valence-corrected chi connectivity index (χ2v) is 8.28. The molecule has 2 heterocycles. The van der Waals surface area contributed by atoms with Crippen molar-refractivity contribution in [1.82, 2.24) is 15.0 Å². The van der Waals surface area contributed by atoms with Crippen molar-refractivity contribution < 1.29 is 4.42 Å². The van der Waals surface area contributed by atoms with Gasteiger partial charge >= 0.3 is 0 Å². The van der Waals surface area contributed by atoms with Crippen LogP contribution in [0.1, 0.15) is 31.2 Å². The summed E-state index contributed by atoms with van der Waals surface area (Å²) in [6.07, 6.45) is 0. The number of anilines is 4. The molecule has 0 bridgehead atoms. The lowest BCUT2D eigenvalue weighted by Gasteiger charge is -2.10. The molecule has 6 heteroatoms. The maximum absolute atomic E-state index is 5.88. The Balaban J connectivity index is 1.37. The van der Waals surface area contributed by atoms with E-state index in [0.29, 0.717) is 17.8 Å². The van der Waals surface area contributed by atoms with Crippen molar-refractivity contribution in [3.8, 4) is 11.3 Å². The van der Waals surface area contributed by atoms with E-state index in [1.54, 1.807) is 0 Å². The Hall–Kier alpha value is -4.19. The topological polar surface area (TPSA) is 75.9 Å². The molecule has 0 aliphatic carbocycles. The fourth-order valence-corrected chi connectivity index (χ4v) is 3.69. The number of aromatic nitrogens is 3. The lowest BCUT2D eigenvalue weighted by Crippen LogP contribution is -1.99. The molecule has 164 valence electrons. The fraction of sp³-hybridized carbons (Fsp3) is 0.148. The minimum atomic E-state index is 0.443. The number of fused-ring (bicyclic) bond motifs is 1. The van der Waals surface area contributed by atoms with Crippen LogP contribution in [-0.2, 0) is 0 Å². The van der Waals surface area contributed by atoms with Crippen LogP contribution in [0.3, 0.4) is 0 Å². The predicted molar refractivity (Wildman–Crippen MR) is 133 cm³/mol. The zero-order valence-electron chi connectivity index (χ0n) is 18.8. The number of nitrogens with one attached hydrogen (secondary N) is 2. The molecule has 0 radical (unpaired) electrons. The van der Waals surface area contributed by atoms with Crippen molar-refractivity contribution in [1.29, 1.82) is 0 Å². The van der Waals surface area contributed by atoms with Gasteiger partial charge in [0.25, 0.3) is 6.01 Å². The Kier molecular flexibility index (Phi) is 5.48. The van der Waals surface area contributed by atoms with Gasteiger partial charge in [0.1, 0.15) is 17.2 Å². The maximum atomic E-state index is 5.88. The fourth-order valence-electron chi connectivity index (χ4n) is 3.69. The number of oxazole rings is 1. The molecule has 2 N–H and O–H groups in total. The lowest BCUT2D eigenvalue weighted by molar-refractivity contribution is 0.623. The quantitative estimate of drug-likeness (QED) is 0.294. The summed E-state index contributed by atoms with van der Waals surface area (Å²) in [6.45, 7) is 6.23. The summed E-state index contributed by atoms with van der Waals surface area (Å²) in [6, 6.07) is 26.6. The number of hydrogen-bond donors (Lipinski definition) is 2. The van der Waals surface area contributed by atoms with Gasteiger partial charge in [0.15, 0.2) is 5.58 Å². The molecule has 0 saturated carbocycles. The minimum Gasteiger partial charge on any atom is -0.423 e. The van der Waals surface area contributed by atoms with Gasteiger partial charge in [0, 0.05) is 23.0 Å². The molecular formula is C27H25N5O. The summed E-state index contributed by atoms with van der Waals surface area (Å²) in [5, 5.41) is 6.65. The molecule has 5 aromatic rings. The van der Waals surface area contributed by atoms with Gasteiger partial charge in [-0.3, -0.25) is 0 Å². The Morgan fingerprint density at radius 2 is 1.55 bits per heavy atom. The Labute approximate surface area is 192 Å². The number of hydrogen-bond acceptors (Lipinski definition) is 6. The van der Waals surface area contributed by atoms with Crippen molar-refractivity contribution >= 4 is 34.3 Å². The Morgan fingerprint density at radius 3 is 2.33 bits per heavy atom. The molecule has 0 spiro atoms. The van der Waals surface area contributed by atoms with Crippen LogP contribution >= 0.6 is 0 Å². The van der Waals surface area contributed by atoms with Crippen molar-refractivity contribution in [3.63, 3.8) is 0 Å². The van der Waals surface area contributed by atoms with Crippen LogP contribution in [0.4, 0.5) is 23.2 Å². The van der Waals surface area contributed by atoms with E-state index in [4.69, 9.17) is 4.42 Å². The van der Waals surface area contributed by atoms with Gasteiger partial charge in [-0.05, 0) is 48.7 Å². The first-order valence-electron chi connectivity index (χ1n) is 11.0. The largest absolute Gasteiger partial charge is 0.423 e. The minimum absolute atomic E-state index is 0.443. The molecule has 2 aromatic heterocycles. The summed E-state index contributed by atoms with van der Waals surface area (Å²) < 4.78 is 5.88. The van der Waals surface area contributed by atoms with Crippen molar-refractivity contribution in [2.45, 2.75) is 26.7 Å². The summed E-state index contributed by atoms with van der Waals surface area (Å²) in [7, 11) is 0. The molecule has 0 unspecified atom stereocenters. The molecule has 33 heavy (non-hydrogen) atoms. The van der Waals surface area contributed by atoms with E-state index in [0.717, 1.165) is 39.5 Å². The highest BCUT2D eigenvalue weighted by atomic mass is 16.4. The Bertz CT molecular complexity index is 1410. The van der Waals surface area contributed by atoms with E-state index < -0.39 is 0 Å². The number of benzene rings is 3. The lowest BCUT2D eigenvalue weighted by atomic mass is 10.0. The van der Waals surface area contributed by atoms with E-state index in [9.17, 15) is 0 Å². The van der Waals surface area contributed by atoms with E-state index in [1.165, 1.54) is 5.56 Å². The van der Waals surface area contributed by atoms with Crippen LogP contribution in [0.5, 0.6) is 0 Å². The number of nitrogens with zero attached hydrogens (tertiary/aromatic N) is 3. The van der Waals surface area contributed by atoms with Gasteiger partial charge in [0.2, 0.25) is 0 Å². The van der Waals surface area contributed by atoms with E-state index >= 15 is 0 Å². The first kappa shape index (κ1) is 20.7. The zero-order valence-corrected chi connectivity index (χ0v) is 18.8. The number of aryl methyl sites for hydroxylation is 1. The molecule has 0 aliphatic rings. The van der Waals surface area contributed by atoms with Gasteiger partial charge in [-0.1, -0.05) is 56.3 Å². The van der Waals surface area contributed by atoms with Gasteiger partial charge in [-0.15, -0.1) is 0 Å². The van der Waals surface area contributed by atoms with E-state index in [2.05, 4.69) is 51.6 Å². The molecule has 5 rings (SSSR count). The van der Waals surface area contributed by atoms with Gasteiger partial charge in [0.05, 0.1) is 5.69 Å². The molecule has 0 saturated heterocycles. The molecule has 0 amide bonds. The third-order valence-corrected chi connectivity index (χ3v) is 5.37. The second-order valence-electron chi connectivity index (χ2n) is 8.28. The molecule has 3 aromatic carbocycles. The van der Waals surface area contributed by atoms with E-state index in [-0.39, 0.29) is 0 Å². The first-order chi connectivity index (χ1) is 16.0. The Morgan fingerprint density at radius 1 is 0.758 bits per heavy atom. The normalized spacial score (nSPS) is 11.2. The predicted octanol–water partition coefficient (Wildman–Crippen LogP) is 7.20. The first-order valence-corrected chi connectivity index (χ1v) is 11.0. The van der Waals surface area contributed by atoms with Crippen molar-refractivity contribution in [2.75, 3.05) is 10.6 Å². The molecule has 6 nitrogen and oxygen atoms in total. The van der Waals surface area contributed by atoms with Crippen LogP contribution in [0.2, 0.25) is 0 Å². The molecule has 0 aliphatic heterocycles.